The fourth-order valence-electron chi connectivity index (χ4n) is 2.17. The molecule has 1 heterocycles. The van der Waals surface area contributed by atoms with E-state index in [2.05, 4.69) is 16.5 Å². The largest absolute Gasteiger partial charge is 0.480 e. The Morgan fingerprint density at radius 3 is 2.33 bits per heavy atom. The Balaban J connectivity index is 2.30. The predicted molar refractivity (Wildman–Crippen MR) is 77.7 cm³/mol. The van der Waals surface area contributed by atoms with E-state index in [9.17, 15) is 9.59 Å². The van der Waals surface area contributed by atoms with Crippen LogP contribution >= 0.6 is 0 Å². The van der Waals surface area contributed by atoms with Crippen molar-refractivity contribution in [2.45, 2.75) is 20.8 Å². The summed E-state index contributed by atoms with van der Waals surface area (Å²) >= 11 is 0. The van der Waals surface area contributed by atoms with Crippen LogP contribution in [0.2, 0.25) is 0 Å². The number of hydrogen-bond acceptors (Lipinski definition) is 3. The monoisotopic (exact) mass is 287 g/mol. The minimum Gasteiger partial charge on any atom is -0.480 e. The number of amides is 1. The van der Waals surface area contributed by atoms with Gasteiger partial charge in [0.25, 0.3) is 5.91 Å². The van der Waals surface area contributed by atoms with Gasteiger partial charge in [-0.25, -0.2) is 4.68 Å². The first-order valence-electron chi connectivity index (χ1n) is 6.52. The first kappa shape index (κ1) is 14.8. The van der Waals surface area contributed by atoms with E-state index in [0.29, 0.717) is 0 Å². The molecule has 6 nitrogen and oxygen atoms in total. The number of nitrogens with one attached hydrogen (secondary N) is 1. The normalized spacial score (nSPS) is 10.4. The molecule has 6 heteroatoms. The molecule has 2 rings (SSSR count). The predicted octanol–water partition coefficient (Wildman–Crippen LogP) is 1.61. The minimum atomic E-state index is -1.09. The Morgan fingerprint density at radius 2 is 1.76 bits per heavy atom. The molecule has 0 atom stereocenters. The van der Waals surface area contributed by atoms with E-state index in [4.69, 9.17) is 5.11 Å². The zero-order valence-electron chi connectivity index (χ0n) is 12.2. The van der Waals surface area contributed by atoms with Gasteiger partial charge in [0.2, 0.25) is 0 Å². The number of rotatable bonds is 4. The number of carboxylic acids is 1. The minimum absolute atomic E-state index is 0.202. The SMILES string of the molecule is Cc1cc(C)cc(-n2nc(C(=O)NCC(=O)O)cc2C)c1. The third-order valence-corrected chi connectivity index (χ3v) is 2.97. The first-order chi connectivity index (χ1) is 9.86. The maximum Gasteiger partial charge on any atom is 0.322 e. The number of hydrogen-bond donors (Lipinski definition) is 2. The molecule has 1 aromatic heterocycles. The van der Waals surface area contributed by atoms with Crippen LogP contribution in [-0.2, 0) is 4.79 Å². The van der Waals surface area contributed by atoms with Crippen LogP contribution < -0.4 is 5.32 Å². The fraction of sp³-hybridized carbons (Fsp3) is 0.267. The number of aryl methyl sites for hydroxylation is 3. The Bertz CT molecular complexity index is 684. The van der Waals surface area contributed by atoms with Crippen LogP contribution in [0.15, 0.2) is 24.3 Å². The van der Waals surface area contributed by atoms with Crippen LogP contribution in [0, 0.1) is 20.8 Å². The van der Waals surface area contributed by atoms with E-state index in [0.717, 1.165) is 22.5 Å². The van der Waals surface area contributed by atoms with Crippen molar-refractivity contribution in [3.8, 4) is 5.69 Å². The average molecular weight is 287 g/mol. The average Bonchev–Trinajstić information content (AvgIpc) is 2.77. The molecule has 0 aliphatic rings. The molecule has 0 spiro atoms. The molecule has 0 aliphatic heterocycles. The molecule has 2 aromatic rings. The summed E-state index contributed by atoms with van der Waals surface area (Å²) in [4.78, 5) is 22.3. The van der Waals surface area contributed by atoms with Crippen molar-refractivity contribution in [1.29, 1.82) is 0 Å². The van der Waals surface area contributed by atoms with Gasteiger partial charge in [-0.2, -0.15) is 5.10 Å². The van der Waals surface area contributed by atoms with Crippen LogP contribution in [0.25, 0.3) is 5.69 Å². The lowest BCUT2D eigenvalue weighted by Crippen LogP contribution is -2.29. The number of carbonyl (C=O) groups excluding carboxylic acids is 1. The van der Waals surface area contributed by atoms with E-state index in [1.165, 1.54) is 0 Å². The highest BCUT2D eigenvalue weighted by atomic mass is 16.4. The van der Waals surface area contributed by atoms with Crippen molar-refractivity contribution in [2.24, 2.45) is 0 Å². The van der Waals surface area contributed by atoms with Gasteiger partial charge < -0.3 is 10.4 Å². The van der Waals surface area contributed by atoms with E-state index >= 15 is 0 Å². The summed E-state index contributed by atoms with van der Waals surface area (Å²) in [6.45, 7) is 5.42. The van der Waals surface area contributed by atoms with Gasteiger partial charge in [-0.15, -0.1) is 0 Å². The van der Waals surface area contributed by atoms with Crippen LogP contribution in [-0.4, -0.2) is 33.3 Å². The second-order valence-electron chi connectivity index (χ2n) is 5.01. The smallest absolute Gasteiger partial charge is 0.322 e. The number of carboxylic acid groups (broad SMARTS) is 1. The van der Waals surface area contributed by atoms with Gasteiger partial charge in [0.1, 0.15) is 6.54 Å². The van der Waals surface area contributed by atoms with Crippen LogP contribution in [0.1, 0.15) is 27.3 Å². The van der Waals surface area contributed by atoms with Gasteiger partial charge >= 0.3 is 5.97 Å². The topological polar surface area (TPSA) is 84.2 Å². The molecule has 0 saturated carbocycles. The molecule has 1 amide bonds. The van der Waals surface area contributed by atoms with Gasteiger partial charge in [-0.3, -0.25) is 9.59 Å². The van der Waals surface area contributed by atoms with E-state index in [1.54, 1.807) is 10.7 Å². The standard InChI is InChI=1S/C15H17N3O3/c1-9-4-10(2)6-12(5-9)18-11(3)7-13(17-18)15(21)16-8-14(19)20/h4-7H,8H2,1-3H3,(H,16,21)(H,19,20). The molecule has 1 aromatic carbocycles. The van der Waals surface area contributed by atoms with E-state index < -0.39 is 18.4 Å². The highest BCUT2D eigenvalue weighted by Crippen LogP contribution is 2.16. The van der Waals surface area contributed by atoms with Crippen LogP contribution in [0.3, 0.4) is 0 Å². The number of benzene rings is 1. The van der Waals surface area contributed by atoms with Gasteiger partial charge in [0.05, 0.1) is 5.69 Å². The van der Waals surface area contributed by atoms with E-state index in [-0.39, 0.29) is 5.69 Å². The second-order valence-corrected chi connectivity index (χ2v) is 5.01. The summed E-state index contributed by atoms with van der Waals surface area (Å²) in [7, 11) is 0. The lowest BCUT2D eigenvalue weighted by atomic mass is 10.1. The number of aromatic nitrogens is 2. The molecule has 21 heavy (non-hydrogen) atoms. The highest BCUT2D eigenvalue weighted by molar-refractivity contribution is 5.94. The zero-order valence-corrected chi connectivity index (χ0v) is 12.2. The highest BCUT2D eigenvalue weighted by Gasteiger charge is 2.14. The summed E-state index contributed by atoms with van der Waals surface area (Å²) in [5.41, 5.74) is 4.10. The van der Waals surface area contributed by atoms with Gasteiger partial charge in [0.15, 0.2) is 5.69 Å². The summed E-state index contributed by atoms with van der Waals surface area (Å²) in [5, 5.41) is 15.1. The summed E-state index contributed by atoms with van der Waals surface area (Å²) in [6, 6.07) is 7.65. The maximum absolute atomic E-state index is 11.8. The van der Waals surface area contributed by atoms with E-state index in [1.807, 2.05) is 32.9 Å². The van der Waals surface area contributed by atoms with Crippen molar-refractivity contribution in [3.05, 3.63) is 46.8 Å². The molecule has 0 bridgehead atoms. The Labute approximate surface area is 122 Å². The zero-order chi connectivity index (χ0) is 15.6. The first-order valence-corrected chi connectivity index (χ1v) is 6.52. The van der Waals surface area contributed by atoms with Crippen LogP contribution in [0.4, 0.5) is 0 Å². The summed E-state index contributed by atoms with van der Waals surface area (Å²) < 4.78 is 1.68. The van der Waals surface area contributed by atoms with Gasteiger partial charge in [0, 0.05) is 5.69 Å². The molecular weight excluding hydrogens is 270 g/mol. The molecule has 0 unspecified atom stereocenters. The van der Waals surface area contributed by atoms with Gasteiger partial charge in [-0.1, -0.05) is 6.07 Å². The lowest BCUT2D eigenvalue weighted by Gasteiger charge is -2.07. The maximum atomic E-state index is 11.8. The number of aliphatic carboxylic acids is 1. The molecular formula is C15H17N3O3. The Hall–Kier alpha value is -2.63. The molecule has 0 aliphatic carbocycles. The summed E-state index contributed by atoms with van der Waals surface area (Å²) in [6.07, 6.45) is 0. The van der Waals surface area contributed by atoms with Crippen LogP contribution in [0.5, 0.6) is 0 Å². The second kappa shape index (κ2) is 5.78. The third-order valence-electron chi connectivity index (χ3n) is 2.97. The molecule has 0 fully saturated rings. The lowest BCUT2D eigenvalue weighted by molar-refractivity contribution is -0.135. The molecule has 0 radical (unpaired) electrons. The third kappa shape index (κ3) is 3.47. The van der Waals surface area contributed by atoms with Crippen molar-refractivity contribution in [3.63, 3.8) is 0 Å². The molecule has 0 saturated heterocycles. The van der Waals surface area contributed by atoms with Gasteiger partial charge in [-0.05, 0) is 50.1 Å². The Kier molecular flexibility index (Phi) is 4.07. The Morgan fingerprint density at radius 1 is 1.14 bits per heavy atom. The van der Waals surface area contributed by atoms with Crippen molar-refractivity contribution in [2.75, 3.05) is 6.54 Å². The quantitative estimate of drug-likeness (QED) is 0.894. The fourth-order valence-corrected chi connectivity index (χ4v) is 2.17. The molecule has 110 valence electrons. The molecule has 2 N–H and O–H groups in total. The number of carbonyl (C=O) groups is 2. The van der Waals surface area contributed by atoms with Crippen molar-refractivity contribution >= 4 is 11.9 Å². The number of nitrogens with zero attached hydrogens (tertiary/aromatic N) is 2. The summed E-state index contributed by atoms with van der Waals surface area (Å²) in [5.74, 6) is -1.59. The van der Waals surface area contributed by atoms with Crippen molar-refractivity contribution < 1.29 is 14.7 Å². The van der Waals surface area contributed by atoms with Crippen molar-refractivity contribution in [1.82, 2.24) is 15.1 Å².